The summed E-state index contributed by atoms with van der Waals surface area (Å²) in [6.45, 7) is 0.901. The van der Waals surface area contributed by atoms with E-state index in [1.165, 1.54) is 14.0 Å². The summed E-state index contributed by atoms with van der Waals surface area (Å²) in [4.78, 5) is 0. The fraction of sp³-hybridized carbons (Fsp3) is 1.00. The summed E-state index contributed by atoms with van der Waals surface area (Å²) < 4.78 is 134. The lowest BCUT2D eigenvalue weighted by Crippen LogP contribution is -2.54. The maximum absolute atomic E-state index is 12.7. The Morgan fingerprint density at radius 2 is 1.30 bits per heavy atom. The second-order valence-electron chi connectivity index (χ2n) is 5.19. The number of ether oxygens (including phenoxy) is 3. The number of halogens is 6. The number of hydrogen-bond donors (Lipinski definition) is 0. The lowest BCUT2D eigenvalue weighted by atomic mass is 10.4. The molecule has 2 atom stereocenters. The second-order valence-corrected chi connectivity index (χ2v) is 9.03. The Kier molecular flexibility index (Phi) is 9.44. The molecule has 0 aromatic heterocycles. The van der Waals surface area contributed by atoms with E-state index in [1.54, 1.807) is 0 Å². The van der Waals surface area contributed by atoms with Gasteiger partial charge in [-0.05, 0) is 13.8 Å². The van der Waals surface area contributed by atoms with Crippen LogP contribution in [-0.2, 0) is 34.3 Å². The molecule has 0 spiro atoms. The first-order valence-corrected chi connectivity index (χ1v) is 9.98. The largest absolute Gasteiger partial charge is 0.512 e. The van der Waals surface area contributed by atoms with Crippen LogP contribution >= 0.6 is 0 Å². The molecule has 0 fully saturated rings. The summed E-state index contributed by atoms with van der Waals surface area (Å²) in [6, 6.07) is -2.32. The second kappa shape index (κ2) is 9.69. The lowest BCUT2D eigenvalue weighted by molar-refractivity contribution is -0.0572. The van der Waals surface area contributed by atoms with Crippen molar-refractivity contribution in [2.75, 3.05) is 33.5 Å². The fourth-order valence-electron chi connectivity index (χ4n) is 1.65. The normalized spacial score (nSPS) is 16.5. The molecule has 0 amide bonds. The van der Waals surface area contributed by atoms with Gasteiger partial charge in [0.1, 0.15) is 0 Å². The van der Waals surface area contributed by atoms with Gasteiger partial charge in [0.25, 0.3) is 0 Å². The van der Waals surface area contributed by atoms with Crippen LogP contribution in [0.1, 0.15) is 13.8 Å². The summed E-state index contributed by atoms with van der Waals surface area (Å²) in [7, 11) is -12.3. The van der Waals surface area contributed by atoms with Gasteiger partial charge in [0.2, 0.25) is 0 Å². The predicted molar refractivity (Wildman–Crippen MR) is 79.4 cm³/mol. The third-order valence-electron chi connectivity index (χ3n) is 2.82. The van der Waals surface area contributed by atoms with Gasteiger partial charge in [0.05, 0.1) is 38.6 Å². The number of methoxy groups -OCH3 is 1. The SMILES string of the molecule is COCCOC(C)COCC(C)N(S(=O)(=O)C(F)(F)F)S(=O)(=O)C(F)(F)F. The number of sulfonamides is 2. The topological polar surface area (TPSA) is 99.2 Å². The highest BCUT2D eigenvalue weighted by molar-refractivity contribution is 8.04. The first-order valence-electron chi connectivity index (χ1n) is 7.10. The number of rotatable bonds is 11. The first kappa shape index (κ1) is 26.3. The minimum Gasteiger partial charge on any atom is -0.382 e. The standard InChI is InChI=1S/C11H19F6NO7S2/c1-8(6-24-7-9(2)25-5-4-23-3)18(26(19,20)10(12,13)14)27(21,22)11(15,16)17/h8-9H,4-7H2,1-3H3. The van der Waals surface area contributed by atoms with Gasteiger partial charge >= 0.3 is 31.1 Å². The summed E-state index contributed by atoms with van der Waals surface area (Å²) in [5, 5.41) is 0. The van der Waals surface area contributed by atoms with E-state index in [4.69, 9.17) is 9.47 Å². The van der Waals surface area contributed by atoms with Crippen molar-refractivity contribution < 1.29 is 57.4 Å². The molecule has 0 aromatic carbocycles. The fourth-order valence-corrected chi connectivity index (χ4v) is 4.67. The Hall–Kier alpha value is -0.680. The van der Waals surface area contributed by atoms with Gasteiger partial charge in [-0.1, -0.05) is 3.71 Å². The third-order valence-corrected chi connectivity index (χ3v) is 6.83. The zero-order valence-corrected chi connectivity index (χ0v) is 16.0. The summed E-state index contributed by atoms with van der Waals surface area (Å²) in [5.41, 5.74) is -12.5. The zero-order chi connectivity index (χ0) is 21.7. The predicted octanol–water partition coefficient (Wildman–Crippen LogP) is 1.44. The minimum absolute atomic E-state index is 0.119. The molecule has 27 heavy (non-hydrogen) atoms. The van der Waals surface area contributed by atoms with Crippen LogP contribution in [0.2, 0.25) is 0 Å². The Labute approximate surface area is 152 Å². The van der Waals surface area contributed by atoms with Crippen molar-refractivity contribution >= 4 is 20.0 Å². The van der Waals surface area contributed by atoms with Gasteiger partial charge in [-0.25, -0.2) is 16.8 Å². The van der Waals surface area contributed by atoms with Crippen LogP contribution in [0, 0.1) is 0 Å². The van der Waals surface area contributed by atoms with Crippen LogP contribution in [0.4, 0.5) is 26.3 Å². The van der Waals surface area contributed by atoms with Crippen molar-refractivity contribution in [2.45, 2.75) is 37.0 Å². The molecular formula is C11H19F6NO7S2. The summed E-state index contributed by atoms with van der Waals surface area (Å²) in [5.74, 6) is 0. The molecule has 0 aliphatic rings. The number of nitrogens with zero attached hydrogens (tertiary/aromatic N) is 1. The molecule has 16 heteroatoms. The van der Waals surface area contributed by atoms with Crippen LogP contribution in [-0.4, -0.2) is 77.2 Å². The smallest absolute Gasteiger partial charge is 0.382 e. The van der Waals surface area contributed by atoms with E-state index in [9.17, 15) is 43.2 Å². The van der Waals surface area contributed by atoms with Crippen LogP contribution in [0.15, 0.2) is 0 Å². The molecule has 0 N–H and O–H groups in total. The summed E-state index contributed by atoms with van der Waals surface area (Å²) in [6.07, 6.45) is -0.667. The molecule has 8 nitrogen and oxygen atoms in total. The van der Waals surface area contributed by atoms with Crippen LogP contribution in [0.5, 0.6) is 0 Å². The van der Waals surface area contributed by atoms with Crippen LogP contribution in [0.25, 0.3) is 0 Å². The van der Waals surface area contributed by atoms with E-state index in [0.29, 0.717) is 6.92 Å². The molecule has 164 valence electrons. The first-order chi connectivity index (χ1) is 12.0. The highest BCUT2D eigenvalue weighted by atomic mass is 32.3. The molecule has 0 radical (unpaired) electrons. The van der Waals surface area contributed by atoms with E-state index < -0.39 is 53.5 Å². The Morgan fingerprint density at radius 3 is 1.67 bits per heavy atom. The van der Waals surface area contributed by atoms with Crippen molar-refractivity contribution in [3.63, 3.8) is 0 Å². The van der Waals surface area contributed by atoms with Crippen molar-refractivity contribution in [1.29, 1.82) is 0 Å². The average Bonchev–Trinajstić information content (AvgIpc) is 2.44. The van der Waals surface area contributed by atoms with Gasteiger partial charge in [-0.15, -0.1) is 0 Å². The maximum atomic E-state index is 12.7. The molecule has 0 saturated carbocycles. The van der Waals surface area contributed by atoms with Crippen LogP contribution in [0.3, 0.4) is 0 Å². The minimum atomic E-state index is -6.85. The van der Waals surface area contributed by atoms with E-state index in [1.807, 2.05) is 0 Å². The number of alkyl halides is 6. The highest BCUT2D eigenvalue weighted by Gasteiger charge is 2.62. The summed E-state index contributed by atoms with van der Waals surface area (Å²) >= 11 is 0. The average molecular weight is 455 g/mol. The van der Waals surface area contributed by atoms with E-state index in [0.717, 1.165) is 0 Å². The molecule has 0 rings (SSSR count). The van der Waals surface area contributed by atoms with Gasteiger partial charge < -0.3 is 14.2 Å². The molecule has 0 saturated heterocycles. The van der Waals surface area contributed by atoms with Crippen molar-refractivity contribution in [2.24, 2.45) is 0 Å². The van der Waals surface area contributed by atoms with Crippen molar-refractivity contribution in [3.05, 3.63) is 0 Å². The molecule has 0 bridgehead atoms. The maximum Gasteiger partial charge on any atom is 0.512 e. The zero-order valence-electron chi connectivity index (χ0n) is 14.4. The third kappa shape index (κ3) is 7.01. The molecular weight excluding hydrogens is 436 g/mol. The van der Waals surface area contributed by atoms with Gasteiger partial charge in [0.15, 0.2) is 0 Å². The van der Waals surface area contributed by atoms with Crippen molar-refractivity contribution in [3.8, 4) is 0 Å². The Morgan fingerprint density at radius 1 is 0.852 bits per heavy atom. The van der Waals surface area contributed by atoms with Gasteiger partial charge in [-0.3, -0.25) is 0 Å². The number of hydrogen-bond acceptors (Lipinski definition) is 7. The Balaban J connectivity index is 5.39. The van der Waals surface area contributed by atoms with Gasteiger partial charge in [-0.2, -0.15) is 26.3 Å². The van der Waals surface area contributed by atoms with E-state index in [2.05, 4.69) is 4.74 Å². The van der Waals surface area contributed by atoms with Gasteiger partial charge in [0, 0.05) is 7.11 Å². The molecule has 0 aromatic rings. The molecule has 0 aliphatic heterocycles. The van der Waals surface area contributed by atoms with E-state index in [-0.39, 0.29) is 19.8 Å². The molecule has 2 unspecified atom stereocenters. The quantitative estimate of drug-likeness (QED) is 0.343. The lowest BCUT2D eigenvalue weighted by Gasteiger charge is -2.28. The Bertz CT molecular complexity index is 618. The van der Waals surface area contributed by atoms with E-state index >= 15 is 0 Å². The van der Waals surface area contributed by atoms with Crippen molar-refractivity contribution in [1.82, 2.24) is 3.71 Å². The monoisotopic (exact) mass is 455 g/mol. The molecule has 0 aliphatic carbocycles. The molecule has 0 heterocycles. The highest BCUT2D eigenvalue weighted by Crippen LogP contribution is 2.36. The van der Waals surface area contributed by atoms with Crippen LogP contribution < -0.4 is 0 Å².